The van der Waals surface area contributed by atoms with Crippen molar-refractivity contribution in [3.8, 4) is 0 Å². The molecular formula is C17H15N3O3S4. The fourth-order valence-electron chi connectivity index (χ4n) is 2.74. The first-order valence-electron chi connectivity index (χ1n) is 8.05. The summed E-state index contributed by atoms with van der Waals surface area (Å²) in [4.78, 5) is 17.9. The van der Waals surface area contributed by atoms with E-state index in [2.05, 4.69) is 4.40 Å². The van der Waals surface area contributed by atoms with E-state index in [9.17, 15) is 13.2 Å². The number of amidine groups is 1. The van der Waals surface area contributed by atoms with Gasteiger partial charge >= 0.3 is 0 Å². The highest BCUT2D eigenvalue weighted by Gasteiger charge is 2.39. The summed E-state index contributed by atoms with van der Waals surface area (Å²) in [6.07, 6.45) is 0. The van der Waals surface area contributed by atoms with Gasteiger partial charge in [0.2, 0.25) is 0 Å². The lowest BCUT2D eigenvalue weighted by Gasteiger charge is -2.15. The molecule has 4 rings (SSSR count). The summed E-state index contributed by atoms with van der Waals surface area (Å²) >= 11 is 3.74. The quantitative estimate of drug-likeness (QED) is 0.681. The predicted molar refractivity (Wildman–Crippen MR) is 112 cm³/mol. The van der Waals surface area contributed by atoms with E-state index in [1.54, 1.807) is 18.4 Å². The lowest BCUT2D eigenvalue weighted by molar-refractivity contribution is -0.122. The number of rotatable bonds is 3. The van der Waals surface area contributed by atoms with Gasteiger partial charge in [-0.25, -0.2) is 0 Å². The largest absolute Gasteiger partial charge is 0.337 e. The third-order valence-electron chi connectivity index (χ3n) is 4.06. The first-order chi connectivity index (χ1) is 12.9. The zero-order chi connectivity index (χ0) is 19.2. The summed E-state index contributed by atoms with van der Waals surface area (Å²) in [5.41, 5.74) is 1.03. The van der Waals surface area contributed by atoms with E-state index in [4.69, 9.17) is 0 Å². The number of benzene rings is 1. The molecule has 10 heteroatoms. The maximum Gasteiger partial charge on any atom is 0.294 e. The van der Waals surface area contributed by atoms with Crippen LogP contribution in [0.1, 0.15) is 6.92 Å². The number of hydrogen-bond donors (Lipinski definition) is 0. The van der Waals surface area contributed by atoms with Crippen LogP contribution in [0.3, 0.4) is 0 Å². The Kier molecular flexibility index (Phi) is 4.83. The summed E-state index contributed by atoms with van der Waals surface area (Å²) < 4.78 is 29.2. The molecule has 1 amide bonds. The van der Waals surface area contributed by atoms with E-state index < -0.39 is 10.0 Å². The van der Waals surface area contributed by atoms with Gasteiger partial charge in [0.25, 0.3) is 15.9 Å². The molecule has 2 aliphatic heterocycles. The van der Waals surface area contributed by atoms with Gasteiger partial charge in [-0.1, -0.05) is 30.0 Å². The molecule has 2 aromatic rings. The minimum atomic E-state index is -3.83. The summed E-state index contributed by atoms with van der Waals surface area (Å²) in [7, 11) is -1.93. The highest BCUT2D eigenvalue weighted by atomic mass is 32.2. The summed E-state index contributed by atoms with van der Waals surface area (Å²) in [5, 5.41) is 2.68. The van der Waals surface area contributed by atoms with E-state index in [0.717, 1.165) is 38.7 Å². The number of thioether (sulfide) groups is 2. The van der Waals surface area contributed by atoms with Crippen molar-refractivity contribution in [2.24, 2.45) is 4.40 Å². The third kappa shape index (κ3) is 3.20. The van der Waals surface area contributed by atoms with Crippen LogP contribution in [-0.4, -0.2) is 38.0 Å². The molecule has 0 unspecified atom stereocenters. The normalized spacial score (nSPS) is 21.4. The second-order valence-corrected chi connectivity index (χ2v) is 10.5. The molecule has 0 bridgehead atoms. The smallest absolute Gasteiger partial charge is 0.294 e. The highest BCUT2D eigenvalue weighted by Crippen LogP contribution is 2.49. The van der Waals surface area contributed by atoms with E-state index >= 15 is 0 Å². The third-order valence-corrected chi connectivity index (χ3v) is 9.25. The lowest BCUT2D eigenvalue weighted by Crippen LogP contribution is -2.29. The van der Waals surface area contributed by atoms with E-state index in [0.29, 0.717) is 11.4 Å². The number of anilines is 1. The highest BCUT2D eigenvalue weighted by molar-refractivity contribution is 8.19. The number of nitrogens with zero attached hydrogens (tertiary/aromatic N) is 3. The van der Waals surface area contributed by atoms with Crippen LogP contribution in [0.4, 0.5) is 5.69 Å². The molecule has 2 aliphatic rings. The Bertz CT molecular complexity index is 1070. The first-order valence-corrected chi connectivity index (χ1v) is 12.0. The molecule has 0 radical (unpaired) electrons. The van der Waals surface area contributed by atoms with Crippen LogP contribution in [-0.2, 0) is 14.8 Å². The standard InChI is InChI=1S/C17H15N3O3S4/c1-3-20-15(21)14(16-19(2)11-7-4-5-8-12(11)25-16)26-17(20)18-27(22,23)13-9-6-10-24-13/h4-10H,3H2,1-2H3/b16-14+,18-17?. The fourth-order valence-corrected chi connectivity index (χ4v) is 7.30. The van der Waals surface area contributed by atoms with Gasteiger partial charge in [0.15, 0.2) is 5.17 Å². The Morgan fingerprint density at radius 1 is 1.11 bits per heavy atom. The Balaban J connectivity index is 1.75. The molecule has 1 saturated heterocycles. The number of fused-ring (bicyclic) bond motifs is 1. The first kappa shape index (κ1) is 18.6. The molecule has 0 saturated carbocycles. The monoisotopic (exact) mass is 437 g/mol. The van der Waals surface area contributed by atoms with Crippen molar-refractivity contribution >= 4 is 61.6 Å². The van der Waals surface area contributed by atoms with Gasteiger partial charge in [-0.3, -0.25) is 9.69 Å². The van der Waals surface area contributed by atoms with Crippen LogP contribution < -0.4 is 4.90 Å². The zero-order valence-corrected chi connectivity index (χ0v) is 17.7. The van der Waals surface area contributed by atoms with Crippen LogP contribution in [0.25, 0.3) is 0 Å². The van der Waals surface area contributed by atoms with Crippen molar-refractivity contribution in [3.63, 3.8) is 0 Å². The van der Waals surface area contributed by atoms with Crippen LogP contribution in [0.2, 0.25) is 0 Å². The summed E-state index contributed by atoms with van der Waals surface area (Å²) in [6.45, 7) is 2.16. The SMILES string of the molecule is CCN1C(=O)/C(=C2\Sc3ccccc3N2C)SC1=NS(=O)(=O)c1cccs1. The topological polar surface area (TPSA) is 70.1 Å². The van der Waals surface area contributed by atoms with Crippen molar-refractivity contribution in [1.82, 2.24) is 4.90 Å². The molecular weight excluding hydrogens is 422 g/mol. The van der Waals surface area contributed by atoms with Crippen molar-refractivity contribution in [2.45, 2.75) is 16.0 Å². The lowest BCUT2D eigenvalue weighted by atomic mass is 10.3. The molecule has 0 aliphatic carbocycles. The molecule has 3 heterocycles. The van der Waals surface area contributed by atoms with Gasteiger partial charge in [-0.2, -0.15) is 8.42 Å². The van der Waals surface area contributed by atoms with Crippen molar-refractivity contribution < 1.29 is 13.2 Å². The van der Waals surface area contributed by atoms with Crippen LogP contribution in [0, 0.1) is 0 Å². The average molecular weight is 438 g/mol. The Hall–Kier alpha value is -1.75. The van der Waals surface area contributed by atoms with Crippen LogP contribution in [0.5, 0.6) is 0 Å². The number of para-hydroxylation sites is 1. The molecule has 0 N–H and O–H groups in total. The van der Waals surface area contributed by atoms with Gasteiger partial charge in [0.1, 0.15) is 9.11 Å². The molecule has 6 nitrogen and oxygen atoms in total. The molecule has 1 aromatic carbocycles. The van der Waals surface area contributed by atoms with Crippen molar-refractivity contribution in [1.29, 1.82) is 0 Å². The zero-order valence-electron chi connectivity index (χ0n) is 14.4. The Labute approximate surface area is 170 Å². The van der Waals surface area contributed by atoms with Gasteiger partial charge in [0.05, 0.1) is 10.7 Å². The van der Waals surface area contributed by atoms with Crippen molar-refractivity contribution in [3.05, 3.63) is 51.7 Å². The molecule has 1 aromatic heterocycles. The minimum Gasteiger partial charge on any atom is -0.337 e. The molecule has 140 valence electrons. The Morgan fingerprint density at radius 2 is 1.89 bits per heavy atom. The van der Waals surface area contributed by atoms with Gasteiger partial charge in [-0.15, -0.1) is 15.7 Å². The predicted octanol–water partition coefficient (Wildman–Crippen LogP) is 3.80. The number of amides is 1. The number of thiophene rings is 1. The Morgan fingerprint density at radius 3 is 2.56 bits per heavy atom. The second kappa shape index (κ2) is 7.01. The average Bonchev–Trinajstić information content (AvgIpc) is 3.35. The molecule has 0 atom stereocenters. The maximum atomic E-state index is 12.9. The van der Waals surface area contributed by atoms with E-state index in [1.807, 2.05) is 36.2 Å². The molecule has 1 fully saturated rings. The molecule has 0 spiro atoms. The van der Waals surface area contributed by atoms with Gasteiger partial charge < -0.3 is 4.90 Å². The summed E-state index contributed by atoms with van der Waals surface area (Å²) in [5.74, 6) is -0.218. The number of carbonyl (C=O) groups is 1. The summed E-state index contributed by atoms with van der Waals surface area (Å²) in [6, 6.07) is 11.1. The maximum absolute atomic E-state index is 12.9. The van der Waals surface area contributed by atoms with Crippen LogP contribution >= 0.6 is 34.9 Å². The minimum absolute atomic E-state index is 0.167. The van der Waals surface area contributed by atoms with Crippen molar-refractivity contribution in [2.75, 3.05) is 18.5 Å². The number of carbonyl (C=O) groups excluding carboxylic acids is 1. The number of hydrogen-bond acceptors (Lipinski definition) is 7. The van der Waals surface area contributed by atoms with Gasteiger partial charge in [0, 0.05) is 18.5 Å². The van der Waals surface area contributed by atoms with E-state index in [-0.39, 0.29) is 15.3 Å². The fraction of sp³-hybridized carbons (Fsp3) is 0.176. The second-order valence-electron chi connectivity index (χ2n) is 5.70. The van der Waals surface area contributed by atoms with Gasteiger partial charge in [-0.05, 0) is 42.3 Å². The molecule has 27 heavy (non-hydrogen) atoms. The number of likely N-dealkylation sites (N-methyl/N-ethyl adjacent to an activating group) is 1. The van der Waals surface area contributed by atoms with Crippen LogP contribution in [0.15, 0.2) is 65.2 Å². The van der Waals surface area contributed by atoms with E-state index in [1.165, 1.54) is 22.7 Å². The number of sulfonamides is 1.